The lowest BCUT2D eigenvalue weighted by molar-refractivity contribution is 0.233. The highest BCUT2D eigenvalue weighted by atomic mass is 35.5. The molecule has 0 atom stereocenters. The Kier molecular flexibility index (Phi) is 3.26. The first-order valence-corrected chi connectivity index (χ1v) is 3.81. The second-order valence-electron chi connectivity index (χ2n) is 2.24. The van der Waals surface area contributed by atoms with Crippen molar-refractivity contribution in [1.82, 2.24) is 0 Å². The van der Waals surface area contributed by atoms with Gasteiger partial charge in [-0.25, -0.2) is 9.50 Å². The molecule has 1 nitrogen and oxygen atoms in total. The third kappa shape index (κ3) is 2.32. The van der Waals surface area contributed by atoms with Crippen molar-refractivity contribution in [3.05, 3.63) is 40.7 Å². The molecular formula is C9H7ClFO. The molecule has 0 spiro atoms. The summed E-state index contributed by atoms with van der Waals surface area (Å²) in [7, 11) is 0. The zero-order valence-corrected chi connectivity index (χ0v) is 7.01. The lowest BCUT2D eigenvalue weighted by atomic mass is 10.2. The predicted octanol–water partition coefficient (Wildman–Crippen LogP) is 2.92. The van der Waals surface area contributed by atoms with Gasteiger partial charge in [0.2, 0.25) is 0 Å². The Morgan fingerprint density at radius 3 is 2.83 bits per heavy atom. The number of rotatable bonds is 2. The van der Waals surface area contributed by atoms with Crippen LogP contribution in [0, 0.1) is 5.82 Å². The van der Waals surface area contributed by atoms with Gasteiger partial charge in [0.1, 0.15) is 12.4 Å². The van der Waals surface area contributed by atoms with Crippen molar-refractivity contribution in [3.8, 4) is 0 Å². The molecule has 1 radical (unpaired) electrons. The summed E-state index contributed by atoms with van der Waals surface area (Å²) in [5.41, 5.74) is 0.646. The van der Waals surface area contributed by atoms with Crippen molar-refractivity contribution < 1.29 is 9.50 Å². The average molecular weight is 186 g/mol. The van der Waals surface area contributed by atoms with Crippen LogP contribution in [0.5, 0.6) is 0 Å². The topological polar surface area (TPSA) is 19.9 Å². The third-order valence-electron chi connectivity index (χ3n) is 1.35. The van der Waals surface area contributed by atoms with Gasteiger partial charge in [-0.15, -0.1) is 0 Å². The molecule has 12 heavy (non-hydrogen) atoms. The van der Waals surface area contributed by atoms with E-state index in [0.717, 1.165) is 0 Å². The lowest BCUT2D eigenvalue weighted by Crippen LogP contribution is -1.79. The number of hydrogen-bond acceptors (Lipinski definition) is 0. The van der Waals surface area contributed by atoms with Crippen LogP contribution in [0.2, 0.25) is 5.02 Å². The Hall–Kier alpha value is -0.860. The molecule has 0 N–H and O–H groups in total. The first-order valence-electron chi connectivity index (χ1n) is 3.43. The maximum atomic E-state index is 12.8. The zero-order chi connectivity index (χ0) is 8.97. The molecule has 0 fully saturated rings. The van der Waals surface area contributed by atoms with E-state index in [-0.39, 0.29) is 11.6 Å². The molecule has 0 amide bonds. The monoisotopic (exact) mass is 185 g/mol. The van der Waals surface area contributed by atoms with Gasteiger partial charge in [-0.1, -0.05) is 29.8 Å². The third-order valence-corrected chi connectivity index (χ3v) is 1.66. The average Bonchev–Trinajstić information content (AvgIpc) is 2.07. The summed E-state index contributed by atoms with van der Waals surface area (Å²) in [6.45, 7) is -0.301. The van der Waals surface area contributed by atoms with Gasteiger partial charge in [0.15, 0.2) is 0 Å². The zero-order valence-electron chi connectivity index (χ0n) is 6.26. The van der Waals surface area contributed by atoms with E-state index in [1.54, 1.807) is 12.1 Å². The Morgan fingerprint density at radius 1 is 1.50 bits per heavy atom. The van der Waals surface area contributed by atoms with Crippen molar-refractivity contribution in [2.45, 2.75) is 0 Å². The van der Waals surface area contributed by atoms with Crippen molar-refractivity contribution in [1.29, 1.82) is 0 Å². The molecule has 0 aliphatic rings. The van der Waals surface area contributed by atoms with Crippen LogP contribution in [0.1, 0.15) is 5.56 Å². The Bertz CT molecular complexity index is 297. The minimum absolute atomic E-state index is 0.0919. The highest BCUT2D eigenvalue weighted by Gasteiger charge is 1.97. The molecule has 0 unspecified atom stereocenters. The van der Waals surface area contributed by atoms with Gasteiger partial charge in [0.05, 0.1) is 5.02 Å². The lowest BCUT2D eigenvalue weighted by Gasteiger charge is -1.95. The Balaban J connectivity index is 2.89. The van der Waals surface area contributed by atoms with Crippen LogP contribution in [0.25, 0.3) is 6.08 Å². The second kappa shape index (κ2) is 4.24. The standard InChI is InChI=1S/C9H7ClFO/c10-8-4-3-7(2-1-5-12)6-9(8)11/h1-4,6H,5H2/b2-1+. The summed E-state index contributed by atoms with van der Waals surface area (Å²) in [6, 6.07) is 4.40. The van der Waals surface area contributed by atoms with Crippen LogP contribution in [-0.2, 0) is 5.11 Å². The van der Waals surface area contributed by atoms with E-state index in [1.165, 1.54) is 18.2 Å². The molecule has 0 saturated carbocycles. The molecular weight excluding hydrogens is 179 g/mol. The highest BCUT2D eigenvalue weighted by Crippen LogP contribution is 2.16. The summed E-state index contributed by atoms with van der Waals surface area (Å²) < 4.78 is 12.8. The molecule has 1 rings (SSSR count). The molecule has 0 aliphatic carbocycles. The van der Waals surface area contributed by atoms with Gasteiger partial charge in [0, 0.05) is 0 Å². The van der Waals surface area contributed by atoms with E-state index < -0.39 is 5.82 Å². The van der Waals surface area contributed by atoms with E-state index >= 15 is 0 Å². The van der Waals surface area contributed by atoms with E-state index in [9.17, 15) is 9.50 Å². The number of hydrogen-bond donors (Lipinski definition) is 0. The number of halogens is 2. The summed E-state index contributed by atoms with van der Waals surface area (Å²) >= 11 is 5.45. The van der Waals surface area contributed by atoms with Crippen molar-refractivity contribution >= 4 is 17.7 Å². The summed E-state index contributed by atoms with van der Waals surface area (Å²) in [5.74, 6) is -0.468. The maximum absolute atomic E-state index is 12.8. The Labute approximate surface area is 75.1 Å². The first-order chi connectivity index (χ1) is 5.74. The smallest absolute Gasteiger partial charge is 0.142 e. The fraction of sp³-hybridized carbons (Fsp3) is 0.111. The van der Waals surface area contributed by atoms with Crippen LogP contribution in [0.4, 0.5) is 4.39 Å². The van der Waals surface area contributed by atoms with Crippen LogP contribution in [0.15, 0.2) is 24.3 Å². The SMILES string of the molecule is [O]C/C=C/c1ccc(Cl)c(F)c1. The summed E-state index contributed by atoms with van der Waals surface area (Å²) in [4.78, 5) is 0. The maximum Gasteiger partial charge on any atom is 0.142 e. The van der Waals surface area contributed by atoms with Crippen molar-refractivity contribution in [2.24, 2.45) is 0 Å². The quantitative estimate of drug-likeness (QED) is 0.675. The van der Waals surface area contributed by atoms with E-state index in [1.807, 2.05) is 0 Å². The molecule has 0 aliphatic heterocycles. The van der Waals surface area contributed by atoms with Crippen molar-refractivity contribution in [2.75, 3.05) is 6.61 Å². The largest absolute Gasteiger partial charge is 0.232 e. The van der Waals surface area contributed by atoms with Crippen LogP contribution in [0.3, 0.4) is 0 Å². The van der Waals surface area contributed by atoms with Crippen LogP contribution < -0.4 is 0 Å². The van der Waals surface area contributed by atoms with Crippen LogP contribution >= 0.6 is 11.6 Å². The molecule has 0 bridgehead atoms. The van der Waals surface area contributed by atoms with E-state index in [4.69, 9.17) is 11.6 Å². The summed E-state index contributed by atoms with van der Waals surface area (Å²) in [6.07, 6.45) is 2.98. The molecule has 1 aromatic carbocycles. The first kappa shape index (κ1) is 9.23. The molecule has 0 heterocycles. The van der Waals surface area contributed by atoms with Gasteiger partial charge in [-0.3, -0.25) is 0 Å². The second-order valence-corrected chi connectivity index (χ2v) is 2.65. The summed E-state index contributed by atoms with van der Waals surface area (Å²) in [5, 5.41) is 10.1. The predicted molar refractivity (Wildman–Crippen MR) is 46.0 cm³/mol. The molecule has 1 aromatic rings. The molecule has 3 heteroatoms. The van der Waals surface area contributed by atoms with Gasteiger partial charge < -0.3 is 0 Å². The fourth-order valence-corrected chi connectivity index (χ4v) is 0.918. The fourth-order valence-electron chi connectivity index (χ4n) is 0.800. The van der Waals surface area contributed by atoms with Crippen LogP contribution in [-0.4, -0.2) is 6.61 Å². The molecule has 63 valence electrons. The van der Waals surface area contributed by atoms with E-state index in [2.05, 4.69) is 0 Å². The van der Waals surface area contributed by atoms with Gasteiger partial charge in [-0.2, -0.15) is 0 Å². The molecule has 0 saturated heterocycles. The van der Waals surface area contributed by atoms with Crippen molar-refractivity contribution in [3.63, 3.8) is 0 Å². The normalized spacial score (nSPS) is 10.9. The number of benzene rings is 1. The highest BCUT2D eigenvalue weighted by molar-refractivity contribution is 6.30. The van der Waals surface area contributed by atoms with Gasteiger partial charge >= 0.3 is 0 Å². The van der Waals surface area contributed by atoms with Gasteiger partial charge in [-0.05, 0) is 17.7 Å². The molecule has 0 aromatic heterocycles. The Morgan fingerprint density at radius 2 is 2.25 bits per heavy atom. The van der Waals surface area contributed by atoms with Gasteiger partial charge in [0.25, 0.3) is 0 Å². The minimum atomic E-state index is -0.468. The minimum Gasteiger partial charge on any atom is -0.232 e. The van der Waals surface area contributed by atoms with E-state index in [0.29, 0.717) is 5.56 Å².